The third-order valence-electron chi connectivity index (χ3n) is 2.93. The third-order valence-corrected chi connectivity index (χ3v) is 2.93. The Balaban J connectivity index is 0.00000108. The molecule has 0 saturated heterocycles. The lowest BCUT2D eigenvalue weighted by molar-refractivity contribution is 0.558. The highest BCUT2D eigenvalue weighted by Gasteiger charge is 2.20. The molecular weight excluding hydrogens is 236 g/mol. The van der Waals surface area contributed by atoms with Crippen molar-refractivity contribution in [3.05, 3.63) is 59.5 Å². The molecule has 0 spiro atoms. The number of nitrogens with zero attached hydrogens (tertiary/aromatic N) is 1. The van der Waals surface area contributed by atoms with Crippen LogP contribution in [0.5, 0.6) is 0 Å². The fourth-order valence-corrected chi connectivity index (χ4v) is 2.10. The summed E-state index contributed by atoms with van der Waals surface area (Å²) in [6.45, 7) is 0. The second kappa shape index (κ2) is 4.63. The van der Waals surface area contributed by atoms with E-state index in [2.05, 4.69) is 11.1 Å². The van der Waals surface area contributed by atoms with Crippen molar-refractivity contribution in [2.45, 2.75) is 12.5 Å². The summed E-state index contributed by atoms with van der Waals surface area (Å²) in [7, 11) is 0. The van der Waals surface area contributed by atoms with Gasteiger partial charge in [-0.1, -0.05) is 24.3 Å². The first-order valence-electron chi connectivity index (χ1n) is 5.28. The van der Waals surface area contributed by atoms with Gasteiger partial charge >= 0.3 is 0 Å². The average Bonchev–Trinajstić information content (AvgIpc) is 2.82. The van der Waals surface area contributed by atoms with Crippen LogP contribution in [0.15, 0.2) is 52.3 Å². The summed E-state index contributed by atoms with van der Waals surface area (Å²) in [6, 6.07) is 10.2. The van der Waals surface area contributed by atoms with Crippen LogP contribution >= 0.6 is 12.4 Å². The summed E-state index contributed by atoms with van der Waals surface area (Å²) < 4.78 is 5.08. The first-order chi connectivity index (χ1) is 7.84. The van der Waals surface area contributed by atoms with Crippen LogP contribution in [0.3, 0.4) is 0 Å². The average molecular weight is 249 g/mol. The maximum absolute atomic E-state index is 5.96. The van der Waals surface area contributed by atoms with E-state index in [9.17, 15) is 0 Å². The van der Waals surface area contributed by atoms with Crippen LogP contribution < -0.4 is 5.73 Å². The van der Waals surface area contributed by atoms with Crippen LogP contribution in [-0.2, 0) is 6.42 Å². The molecule has 4 heteroatoms. The van der Waals surface area contributed by atoms with E-state index in [-0.39, 0.29) is 18.4 Å². The van der Waals surface area contributed by atoms with E-state index in [1.165, 1.54) is 5.56 Å². The maximum atomic E-state index is 5.96. The molecule has 88 valence electrons. The summed E-state index contributed by atoms with van der Waals surface area (Å²) in [5.74, 6) is 0.619. The molecular formula is C13H13ClN2O. The number of rotatable bonds is 1. The fourth-order valence-electron chi connectivity index (χ4n) is 2.10. The molecule has 0 radical (unpaired) electrons. The number of benzene rings is 1. The molecule has 2 aromatic rings. The van der Waals surface area contributed by atoms with Gasteiger partial charge < -0.3 is 10.2 Å². The highest BCUT2D eigenvalue weighted by Crippen LogP contribution is 2.28. The first-order valence-corrected chi connectivity index (χ1v) is 5.28. The Hall–Kier alpha value is -1.74. The molecule has 0 saturated carbocycles. The molecule has 0 bridgehead atoms. The highest BCUT2D eigenvalue weighted by atomic mass is 35.5. The quantitative estimate of drug-likeness (QED) is 0.844. The number of hydrogen-bond donors (Lipinski definition) is 1. The lowest BCUT2D eigenvalue weighted by Crippen LogP contribution is -2.22. The van der Waals surface area contributed by atoms with Crippen molar-refractivity contribution < 1.29 is 4.42 Å². The first kappa shape index (κ1) is 11.7. The van der Waals surface area contributed by atoms with Gasteiger partial charge in [0, 0.05) is 11.1 Å². The molecule has 0 fully saturated rings. The number of furan rings is 1. The molecule has 1 aromatic carbocycles. The van der Waals surface area contributed by atoms with E-state index >= 15 is 0 Å². The molecule has 3 rings (SSSR count). The lowest BCUT2D eigenvalue weighted by atomic mass is 9.94. The molecule has 1 aromatic heterocycles. The third kappa shape index (κ3) is 2.06. The van der Waals surface area contributed by atoms with Crippen LogP contribution in [0.4, 0.5) is 0 Å². The van der Waals surface area contributed by atoms with Gasteiger partial charge in [0.25, 0.3) is 0 Å². The maximum Gasteiger partial charge on any atom is 0.126 e. The Labute approximate surface area is 106 Å². The predicted octanol–water partition coefficient (Wildman–Crippen LogP) is 2.70. The number of amidine groups is 1. The molecule has 2 heterocycles. The fraction of sp³-hybridized carbons (Fsp3) is 0.154. The SMILES string of the molecule is Cl.NC1=NC(c2ccoc2)Cc2ccccc21. The summed E-state index contributed by atoms with van der Waals surface area (Å²) in [5.41, 5.74) is 9.35. The van der Waals surface area contributed by atoms with Crippen LogP contribution in [0, 0.1) is 0 Å². The van der Waals surface area contributed by atoms with Crippen molar-refractivity contribution in [2.24, 2.45) is 10.7 Å². The number of nitrogens with two attached hydrogens (primary N) is 1. The Morgan fingerprint density at radius 3 is 2.82 bits per heavy atom. The summed E-state index contributed by atoms with van der Waals surface area (Å²) in [6.07, 6.45) is 4.29. The molecule has 0 amide bonds. The minimum Gasteiger partial charge on any atom is -0.472 e. The number of halogens is 1. The van der Waals surface area contributed by atoms with E-state index in [4.69, 9.17) is 10.2 Å². The monoisotopic (exact) mass is 248 g/mol. The second-order valence-corrected chi connectivity index (χ2v) is 3.95. The van der Waals surface area contributed by atoms with Gasteiger partial charge in [0.15, 0.2) is 0 Å². The largest absolute Gasteiger partial charge is 0.472 e. The summed E-state index contributed by atoms with van der Waals surface area (Å²) in [4.78, 5) is 4.50. The van der Waals surface area contributed by atoms with Crippen molar-refractivity contribution in [2.75, 3.05) is 0 Å². The Morgan fingerprint density at radius 2 is 2.06 bits per heavy atom. The topological polar surface area (TPSA) is 51.5 Å². The van der Waals surface area contributed by atoms with E-state index in [1.807, 2.05) is 24.3 Å². The molecule has 17 heavy (non-hydrogen) atoms. The Bertz CT molecular complexity index is 534. The van der Waals surface area contributed by atoms with Crippen LogP contribution in [0.2, 0.25) is 0 Å². The zero-order chi connectivity index (χ0) is 11.0. The minimum absolute atomic E-state index is 0. The van der Waals surface area contributed by atoms with E-state index in [0.29, 0.717) is 5.84 Å². The molecule has 1 aliphatic heterocycles. The Morgan fingerprint density at radius 1 is 1.24 bits per heavy atom. The molecule has 1 atom stereocenters. The van der Waals surface area contributed by atoms with Gasteiger partial charge in [-0.15, -0.1) is 12.4 Å². The van der Waals surface area contributed by atoms with E-state index in [1.54, 1.807) is 12.5 Å². The molecule has 3 nitrogen and oxygen atoms in total. The van der Waals surface area contributed by atoms with Crippen molar-refractivity contribution in [3.8, 4) is 0 Å². The predicted molar refractivity (Wildman–Crippen MR) is 69.6 cm³/mol. The van der Waals surface area contributed by atoms with Crippen LogP contribution in [0.1, 0.15) is 22.7 Å². The highest BCUT2D eigenvalue weighted by molar-refractivity contribution is 5.99. The van der Waals surface area contributed by atoms with Crippen molar-refractivity contribution in [3.63, 3.8) is 0 Å². The molecule has 2 N–H and O–H groups in total. The molecule has 1 unspecified atom stereocenters. The number of fused-ring (bicyclic) bond motifs is 1. The van der Waals surface area contributed by atoms with Crippen molar-refractivity contribution >= 4 is 18.2 Å². The van der Waals surface area contributed by atoms with E-state index in [0.717, 1.165) is 17.5 Å². The smallest absolute Gasteiger partial charge is 0.126 e. The minimum atomic E-state index is 0. The molecule has 0 aliphatic carbocycles. The van der Waals surface area contributed by atoms with Gasteiger partial charge in [-0.05, 0) is 18.1 Å². The van der Waals surface area contributed by atoms with Gasteiger partial charge in [-0.2, -0.15) is 0 Å². The summed E-state index contributed by atoms with van der Waals surface area (Å²) >= 11 is 0. The number of aliphatic imine (C=N–C) groups is 1. The van der Waals surface area contributed by atoms with Crippen LogP contribution in [-0.4, -0.2) is 5.84 Å². The zero-order valence-electron chi connectivity index (χ0n) is 9.17. The van der Waals surface area contributed by atoms with Crippen molar-refractivity contribution in [1.29, 1.82) is 0 Å². The van der Waals surface area contributed by atoms with Gasteiger partial charge in [0.1, 0.15) is 5.84 Å². The van der Waals surface area contributed by atoms with Gasteiger partial charge in [-0.25, -0.2) is 0 Å². The van der Waals surface area contributed by atoms with Crippen molar-refractivity contribution in [1.82, 2.24) is 0 Å². The van der Waals surface area contributed by atoms with Gasteiger partial charge in [0.05, 0.1) is 18.6 Å². The van der Waals surface area contributed by atoms with Gasteiger partial charge in [0.2, 0.25) is 0 Å². The second-order valence-electron chi connectivity index (χ2n) is 3.95. The molecule has 1 aliphatic rings. The Kier molecular flexibility index (Phi) is 3.20. The lowest BCUT2D eigenvalue weighted by Gasteiger charge is -2.20. The standard InChI is InChI=1S/C13H12N2O.ClH/c14-13-11-4-2-1-3-9(11)7-12(15-13)10-5-6-16-8-10;/h1-6,8,12H,7H2,(H2,14,15);1H. The normalized spacial score (nSPS) is 17.9. The van der Waals surface area contributed by atoms with Crippen LogP contribution in [0.25, 0.3) is 0 Å². The van der Waals surface area contributed by atoms with Gasteiger partial charge in [-0.3, -0.25) is 4.99 Å². The summed E-state index contributed by atoms with van der Waals surface area (Å²) in [5, 5.41) is 0. The van der Waals surface area contributed by atoms with E-state index < -0.39 is 0 Å². The number of hydrogen-bond acceptors (Lipinski definition) is 3. The zero-order valence-corrected chi connectivity index (χ0v) is 9.98.